The summed E-state index contributed by atoms with van der Waals surface area (Å²) in [6, 6.07) is 7.67. The third-order valence-corrected chi connectivity index (χ3v) is 4.84. The van der Waals surface area contributed by atoms with Crippen molar-refractivity contribution in [1.82, 2.24) is 19.2 Å². The Morgan fingerprint density at radius 2 is 1.89 bits per heavy atom. The molecule has 4 aromatic rings. The molecular weight excluding hydrogens is 344 g/mol. The first kappa shape index (κ1) is 17.0. The number of pyridine rings is 1. The molecule has 0 bridgehead atoms. The first-order valence-electron chi connectivity index (χ1n) is 8.48. The fraction of sp³-hybridized carbons (Fsp3) is 0.200. The molecule has 136 valence electrons. The van der Waals surface area contributed by atoms with Crippen LogP contribution in [0.5, 0.6) is 0 Å². The quantitative estimate of drug-likeness (QED) is 0.512. The SMILES string of the molecule is COC(=O)c1c(C)nn2c1ncc1c(=O)n(-c3ccc(C)c(C)c3)ccc12. The predicted octanol–water partition coefficient (Wildman–Crippen LogP) is 2.75. The monoisotopic (exact) mass is 362 g/mol. The zero-order chi connectivity index (χ0) is 19.3. The average Bonchev–Trinajstić information content (AvgIpc) is 3.00. The lowest BCUT2D eigenvalue weighted by molar-refractivity contribution is 0.0602. The van der Waals surface area contributed by atoms with Crippen molar-refractivity contribution in [3.05, 3.63) is 69.4 Å². The molecule has 1 aromatic carbocycles. The number of hydrogen-bond donors (Lipinski definition) is 0. The Kier molecular flexibility index (Phi) is 3.80. The molecule has 0 N–H and O–H groups in total. The summed E-state index contributed by atoms with van der Waals surface area (Å²) < 4.78 is 7.92. The number of methoxy groups -OCH3 is 1. The normalized spacial score (nSPS) is 11.3. The molecule has 0 saturated carbocycles. The van der Waals surface area contributed by atoms with Crippen molar-refractivity contribution < 1.29 is 9.53 Å². The van der Waals surface area contributed by atoms with E-state index in [9.17, 15) is 9.59 Å². The highest BCUT2D eigenvalue weighted by Crippen LogP contribution is 2.20. The van der Waals surface area contributed by atoms with E-state index in [4.69, 9.17) is 4.74 Å². The molecule has 27 heavy (non-hydrogen) atoms. The maximum absolute atomic E-state index is 13.0. The van der Waals surface area contributed by atoms with Gasteiger partial charge in [0.25, 0.3) is 5.56 Å². The van der Waals surface area contributed by atoms with Gasteiger partial charge in [-0.2, -0.15) is 5.10 Å². The van der Waals surface area contributed by atoms with Crippen molar-refractivity contribution in [2.75, 3.05) is 7.11 Å². The smallest absolute Gasteiger partial charge is 0.343 e. The Labute approximate surface area is 154 Å². The van der Waals surface area contributed by atoms with Gasteiger partial charge in [-0.05, 0) is 50.1 Å². The van der Waals surface area contributed by atoms with E-state index < -0.39 is 5.97 Å². The first-order chi connectivity index (χ1) is 12.9. The van der Waals surface area contributed by atoms with Crippen LogP contribution in [0.4, 0.5) is 0 Å². The minimum absolute atomic E-state index is 0.196. The zero-order valence-electron chi connectivity index (χ0n) is 15.5. The molecule has 3 heterocycles. The molecule has 0 aliphatic carbocycles. The molecule has 0 atom stereocenters. The number of fused-ring (bicyclic) bond motifs is 3. The molecular formula is C20H18N4O3. The molecule has 4 rings (SSSR count). The van der Waals surface area contributed by atoms with Crippen LogP contribution in [0.1, 0.15) is 27.2 Å². The summed E-state index contributed by atoms with van der Waals surface area (Å²) in [7, 11) is 1.31. The van der Waals surface area contributed by atoms with Crippen LogP contribution < -0.4 is 5.56 Å². The number of aromatic nitrogens is 4. The molecule has 0 fully saturated rings. The second kappa shape index (κ2) is 6.05. The van der Waals surface area contributed by atoms with Gasteiger partial charge in [0.1, 0.15) is 5.56 Å². The molecule has 7 heteroatoms. The van der Waals surface area contributed by atoms with Crippen LogP contribution in [0.25, 0.3) is 22.2 Å². The van der Waals surface area contributed by atoms with E-state index in [1.807, 2.05) is 32.0 Å². The summed E-state index contributed by atoms with van der Waals surface area (Å²) in [5.74, 6) is -0.502. The number of aryl methyl sites for hydroxylation is 3. The lowest BCUT2D eigenvalue weighted by atomic mass is 10.1. The highest BCUT2D eigenvalue weighted by molar-refractivity contribution is 5.98. The van der Waals surface area contributed by atoms with Gasteiger partial charge in [0.15, 0.2) is 5.65 Å². The van der Waals surface area contributed by atoms with Crippen LogP contribution in [0.3, 0.4) is 0 Å². The van der Waals surface area contributed by atoms with Gasteiger partial charge in [-0.15, -0.1) is 0 Å². The summed E-state index contributed by atoms with van der Waals surface area (Å²) in [4.78, 5) is 29.4. The molecule has 0 unspecified atom stereocenters. The van der Waals surface area contributed by atoms with Gasteiger partial charge < -0.3 is 4.74 Å². The summed E-state index contributed by atoms with van der Waals surface area (Å²) in [5.41, 5.74) is 4.63. The summed E-state index contributed by atoms with van der Waals surface area (Å²) in [6.07, 6.45) is 3.20. The third-order valence-electron chi connectivity index (χ3n) is 4.84. The zero-order valence-corrected chi connectivity index (χ0v) is 15.5. The summed E-state index contributed by atoms with van der Waals surface area (Å²) >= 11 is 0. The van der Waals surface area contributed by atoms with Crippen LogP contribution in [0.15, 0.2) is 41.5 Å². The largest absolute Gasteiger partial charge is 0.465 e. The lowest BCUT2D eigenvalue weighted by Gasteiger charge is -2.10. The minimum atomic E-state index is -0.502. The standard InChI is InChI=1S/C20H18N4O3/c1-11-5-6-14(9-12(11)2)23-8-7-16-15(19(23)25)10-21-18-17(20(26)27-4)13(3)22-24(16)18/h5-10H,1-4H3. The maximum atomic E-state index is 13.0. The van der Waals surface area contributed by atoms with Crippen molar-refractivity contribution >= 4 is 22.5 Å². The number of rotatable bonds is 2. The highest BCUT2D eigenvalue weighted by Gasteiger charge is 2.21. The predicted molar refractivity (Wildman–Crippen MR) is 102 cm³/mol. The number of esters is 1. The Morgan fingerprint density at radius 1 is 1.11 bits per heavy atom. The second-order valence-corrected chi connectivity index (χ2v) is 6.50. The van der Waals surface area contributed by atoms with E-state index in [0.717, 1.165) is 11.3 Å². The van der Waals surface area contributed by atoms with Crippen molar-refractivity contribution in [2.45, 2.75) is 20.8 Å². The van der Waals surface area contributed by atoms with Crippen molar-refractivity contribution in [1.29, 1.82) is 0 Å². The van der Waals surface area contributed by atoms with Crippen LogP contribution in [0.2, 0.25) is 0 Å². The van der Waals surface area contributed by atoms with E-state index >= 15 is 0 Å². The number of benzene rings is 1. The second-order valence-electron chi connectivity index (χ2n) is 6.50. The molecule has 0 aliphatic heterocycles. The van der Waals surface area contributed by atoms with Gasteiger partial charge in [0, 0.05) is 18.1 Å². The topological polar surface area (TPSA) is 78.5 Å². The molecule has 0 spiro atoms. The average molecular weight is 362 g/mol. The van der Waals surface area contributed by atoms with E-state index in [1.54, 1.807) is 23.8 Å². The Hall–Kier alpha value is -3.48. The number of hydrogen-bond acceptors (Lipinski definition) is 5. The van der Waals surface area contributed by atoms with E-state index in [2.05, 4.69) is 10.1 Å². The summed E-state index contributed by atoms with van der Waals surface area (Å²) in [6.45, 7) is 5.75. The van der Waals surface area contributed by atoms with Crippen LogP contribution in [0, 0.1) is 20.8 Å². The van der Waals surface area contributed by atoms with Crippen LogP contribution in [-0.2, 0) is 4.74 Å². The molecule has 0 radical (unpaired) electrons. The van der Waals surface area contributed by atoms with E-state index in [-0.39, 0.29) is 5.56 Å². The maximum Gasteiger partial charge on any atom is 0.343 e. The van der Waals surface area contributed by atoms with Crippen molar-refractivity contribution in [3.63, 3.8) is 0 Å². The van der Waals surface area contributed by atoms with Crippen molar-refractivity contribution in [2.24, 2.45) is 0 Å². The third kappa shape index (κ3) is 2.51. The van der Waals surface area contributed by atoms with E-state index in [0.29, 0.717) is 27.8 Å². The fourth-order valence-corrected chi connectivity index (χ4v) is 3.20. The first-order valence-corrected chi connectivity index (χ1v) is 8.48. The summed E-state index contributed by atoms with van der Waals surface area (Å²) in [5, 5.41) is 4.80. The Balaban J connectivity index is 1.99. The highest BCUT2D eigenvalue weighted by atomic mass is 16.5. The molecule has 7 nitrogen and oxygen atoms in total. The van der Waals surface area contributed by atoms with Crippen LogP contribution in [-0.4, -0.2) is 32.2 Å². The molecule has 0 saturated heterocycles. The Bertz CT molecular complexity index is 1280. The van der Waals surface area contributed by atoms with Crippen LogP contribution >= 0.6 is 0 Å². The van der Waals surface area contributed by atoms with Gasteiger partial charge >= 0.3 is 5.97 Å². The minimum Gasteiger partial charge on any atom is -0.465 e. The number of ether oxygens (including phenoxy) is 1. The molecule has 0 amide bonds. The number of carbonyl (C=O) groups is 1. The number of carbonyl (C=O) groups excluding carboxylic acids is 1. The van der Waals surface area contributed by atoms with E-state index in [1.165, 1.54) is 23.4 Å². The number of nitrogens with zero attached hydrogens (tertiary/aromatic N) is 4. The van der Waals surface area contributed by atoms with Gasteiger partial charge in [0.05, 0.1) is 23.7 Å². The Morgan fingerprint density at radius 3 is 2.59 bits per heavy atom. The van der Waals surface area contributed by atoms with Crippen molar-refractivity contribution in [3.8, 4) is 5.69 Å². The lowest BCUT2D eigenvalue weighted by Crippen LogP contribution is -2.19. The van der Waals surface area contributed by atoms with Gasteiger partial charge in [-0.1, -0.05) is 6.07 Å². The van der Waals surface area contributed by atoms with Gasteiger partial charge in [-0.25, -0.2) is 14.3 Å². The van der Waals surface area contributed by atoms with Gasteiger partial charge in [-0.3, -0.25) is 9.36 Å². The molecule has 0 aliphatic rings. The molecule has 3 aromatic heterocycles. The fourth-order valence-electron chi connectivity index (χ4n) is 3.20. The van der Waals surface area contributed by atoms with Gasteiger partial charge in [0.2, 0.25) is 0 Å².